The van der Waals surface area contributed by atoms with E-state index < -0.39 is 11.9 Å². The predicted molar refractivity (Wildman–Crippen MR) is 65.1 cm³/mol. The number of hydrogen-bond acceptors (Lipinski definition) is 1. The van der Waals surface area contributed by atoms with Crippen molar-refractivity contribution in [2.24, 2.45) is 0 Å². The summed E-state index contributed by atoms with van der Waals surface area (Å²) in [5.41, 5.74) is 0.402. The molecule has 0 aliphatic heterocycles. The topological polar surface area (TPSA) is 9.23 Å². The molecule has 0 N–H and O–H groups in total. The molecule has 0 saturated heterocycles. The Morgan fingerprint density at radius 3 is 2.38 bits per heavy atom. The number of benzene rings is 1. The lowest BCUT2D eigenvalue weighted by Gasteiger charge is -2.15. The molecule has 0 bridgehead atoms. The van der Waals surface area contributed by atoms with Gasteiger partial charge in [0.25, 0.3) is 0 Å². The zero-order valence-electron chi connectivity index (χ0n) is 9.32. The molecule has 1 atom stereocenters. The zero-order chi connectivity index (χ0) is 12.0. The van der Waals surface area contributed by atoms with E-state index in [2.05, 4.69) is 13.2 Å². The van der Waals surface area contributed by atoms with Gasteiger partial charge in [-0.05, 0) is 25.1 Å². The lowest BCUT2D eigenvalue weighted by Crippen LogP contribution is -2.14. The van der Waals surface area contributed by atoms with Crippen LogP contribution in [-0.2, 0) is 0 Å². The van der Waals surface area contributed by atoms with Crippen LogP contribution in [0.1, 0.15) is 6.92 Å². The van der Waals surface area contributed by atoms with E-state index in [1.54, 1.807) is 6.92 Å². The summed E-state index contributed by atoms with van der Waals surface area (Å²) in [4.78, 5) is 0. The second-order valence-corrected chi connectivity index (χ2v) is 3.28. The third-order valence-electron chi connectivity index (χ3n) is 2.17. The van der Waals surface area contributed by atoms with Crippen LogP contribution in [0.3, 0.4) is 0 Å². The van der Waals surface area contributed by atoms with Crippen molar-refractivity contribution in [3.8, 4) is 5.75 Å². The summed E-state index contributed by atoms with van der Waals surface area (Å²) in [7, 11) is 0. The van der Waals surface area contributed by atoms with Crippen LogP contribution >= 0.6 is 0 Å². The van der Waals surface area contributed by atoms with Crippen molar-refractivity contribution in [1.29, 1.82) is 0 Å². The second-order valence-electron chi connectivity index (χ2n) is 3.28. The molecule has 16 heavy (non-hydrogen) atoms. The summed E-state index contributed by atoms with van der Waals surface area (Å²) in [5, 5.41) is 0. The van der Waals surface area contributed by atoms with E-state index in [1.165, 1.54) is 6.08 Å². The third-order valence-corrected chi connectivity index (χ3v) is 2.17. The maximum absolute atomic E-state index is 13.4. The molecule has 0 radical (unpaired) electrons. The largest absolute Gasteiger partial charge is 0.486 e. The van der Waals surface area contributed by atoms with Gasteiger partial charge >= 0.3 is 0 Å². The first-order chi connectivity index (χ1) is 7.69. The Kier molecular flexibility index (Phi) is 4.52. The van der Waals surface area contributed by atoms with Crippen LogP contribution in [0.5, 0.6) is 5.75 Å². The van der Waals surface area contributed by atoms with Crippen LogP contribution in [0.25, 0.3) is 0 Å². The van der Waals surface area contributed by atoms with Gasteiger partial charge in [-0.1, -0.05) is 37.4 Å². The molecule has 0 amide bonds. The standard InChI is InChI=1S/C14H15FO/c1-4-13(14(15)5-2)11(3)16-12-9-7-6-8-10-12/h4-11H,1-2H2,3H3. The van der Waals surface area contributed by atoms with Crippen molar-refractivity contribution in [2.45, 2.75) is 13.0 Å². The van der Waals surface area contributed by atoms with Crippen LogP contribution < -0.4 is 4.74 Å². The summed E-state index contributed by atoms with van der Waals surface area (Å²) in [6.45, 7) is 8.72. The van der Waals surface area contributed by atoms with E-state index in [9.17, 15) is 4.39 Å². The summed E-state index contributed by atoms with van der Waals surface area (Å²) < 4.78 is 18.9. The fraction of sp³-hybridized carbons (Fsp3) is 0.143. The molecule has 0 aliphatic carbocycles. The average molecular weight is 218 g/mol. The van der Waals surface area contributed by atoms with Crippen molar-refractivity contribution in [1.82, 2.24) is 0 Å². The Balaban J connectivity index is 2.83. The first-order valence-corrected chi connectivity index (χ1v) is 5.05. The van der Waals surface area contributed by atoms with Crippen LogP contribution in [0.4, 0.5) is 4.39 Å². The van der Waals surface area contributed by atoms with Gasteiger partial charge < -0.3 is 4.74 Å². The van der Waals surface area contributed by atoms with E-state index in [4.69, 9.17) is 4.74 Å². The Hall–Kier alpha value is -1.83. The Bertz CT molecular complexity index is 392. The van der Waals surface area contributed by atoms with E-state index in [0.29, 0.717) is 11.3 Å². The van der Waals surface area contributed by atoms with Gasteiger partial charge in [0.1, 0.15) is 17.7 Å². The van der Waals surface area contributed by atoms with E-state index in [0.717, 1.165) is 6.08 Å². The first kappa shape index (κ1) is 12.2. The van der Waals surface area contributed by atoms with Gasteiger partial charge in [0.05, 0.1) is 0 Å². The highest BCUT2D eigenvalue weighted by Gasteiger charge is 2.11. The molecule has 0 aliphatic rings. The van der Waals surface area contributed by atoms with E-state index in [-0.39, 0.29) is 0 Å². The highest BCUT2D eigenvalue weighted by Crippen LogP contribution is 2.19. The molecular formula is C14H15FO. The lowest BCUT2D eigenvalue weighted by atomic mass is 10.1. The second kappa shape index (κ2) is 5.91. The van der Waals surface area contributed by atoms with E-state index in [1.807, 2.05) is 30.3 Å². The average Bonchev–Trinajstić information content (AvgIpc) is 2.31. The molecule has 2 heteroatoms. The minimum Gasteiger partial charge on any atom is -0.486 e. The van der Waals surface area contributed by atoms with Crippen molar-refractivity contribution >= 4 is 0 Å². The highest BCUT2D eigenvalue weighted by atomic mass is 19.1. The third kappa shape index (κ3) is 3.09. The van der Waals surface area contributed by atoms with Crippen molar-refractivity contribution < 1.29 is 9.13 Å². The molecule has 0 saturated carbocycles. The van der Waals surface area contributed by atoms with Crippen LogP contribution in [0, 0.1) is 0 Å². The van der Waals surface area contributed by atoms with Crippen molar-refractivity contribution in [2.75, 3.05) is 0 Å². The molecule has 1 aromatic rings. The number of allylic oxidation sites excluding steroid dienone is 2. The molecule has 0 aromatic heterocycles. The van der Waals surface area contributed by atoms with Crippen molar-refractivity contribution in [3.63, 3.8) is 0 Å². The number of rotatable bonds is 5. The summed E-state index contributed by atoms with van der Waals surface area (Å²) in [5.74, 6) is 0.296. The fourth-order valence-corrected chi connectivity index (χ4v) is 1.34. The quantitative estimate of drug-likeness (QED) is 0.677. The Labute approximate surface area is 95.6 Å². The van der Waals surface area contributed by atoms with Crippen LogP contribution in [-0.4, -0.2) is 6.10 Å². The van der Waals surface area contributed by atoms with Gasteiger partial charge in [0, 0.05) is 5.57 Å². The lowest BCUT2D eigenvalue weighted by molar-refractivity contribution is 0.258. The summed E-state index contributed by atoms with van der Waals surface area (Å²) in [6, 6.07) is 9.27. The molecule has 0 spiro atoms. The van der Waals surface area contributed by atoms with Gasteiger partial charge in [-0.25, -0.2) is 4.39 Å². The minimum atomic E-state index is -0.404. The number of para-hydroxylation sites is 1. The Morgan fingerprint density at radius 1 is 1.25 bits per heavy atom. The molecule has 0 fully saturated rings. The predicted octanol–water partition coefficient (Wildman–Crippen LogP) is 4.05. The summed E-state index contributed by atoms with van der Waals surface area (Å²) >= 11 is 0. The van der Waals surface area contributed by atoms with Gasteiger partial charge in [-0.3, -0.25) is 0 Å². The van der Waals surface area contributed by atoms with Crippen LogP contribution in [0.2, 0.25) is 0 Å². The fourth-order valence-electron chi connectivity index (χ4n) is 1.34. The zero-order valence-corrected chi connectivity index (χ0v) is 9.32. The maximum atomic E-state index is 13.4. The highest BCUT2D eigenvalue weighted by molar-refractivity contribution is 5.31. The summed E-state index contributed by atoms with van der Waals surface area (Å²) in [6.07, 6.45) is 2.21. The first-order valence-electron chi connectivity index (χ1n) is 5.05. The SMILES string of the molecule is C=CC(F)=C(C=C)C(C)Oc1ccccc1. The Morgan fingerprint density at radius 2 is 1.88 bits per heavy atom. The maximum Gasteiger partial charge on any atom is 0.129 e. The van der Waals surface area contributed by atoms with Gasteiger partial charge in [0.15, 0.2) is 0 Å². The number of hydrogen-bond donors (Lipinski definition) is 0. The van der Waals surface area contributed by atoms with Gasteiger partial charge in [-0.15, -0.1) is 0 Å². The van der Waals surface area contributed by atoms with Gasteiger partial charge in [0.2, 0.25) is 0 Å². The minimum absolute atomic E-state index is 0.391. The van der Waals surface area contributed by atoms with E-state index >= 15 is 0 Å². The molecule has 0 heterocycles. The molecule has 1 aromatic carbocycles. The normalized spacial score (nSPS) is 13.6. The number of ether oxygens (including phenoxy) is 1. The van der Waals surface area contributed by atoms with Gasteiger partial charge in [-0.2, -0.15) is 0 Å². The number of halogens is 1. The smallest absolute Gasteiger partial charge is 0.129 e. The molecule has 1 unspecified atom stereocenters. The molecule has 1 nitrogen and oxygen atoms in total. The molecular weight excluding hydrogens is 203 g/mol. The van der Waals surface area contributed by atoms with Crippen molar-refractivity contribution in [3.05, 3.63) is 67.0 Å². The molecule has 84 valence electrons. The monoisotopic (exact) mass is 218 g/mol. The van der Waals surface area contributed by atoms with Crippen LogP contribution in [0.15, 0.2) is 67.0 Å². The molecule has 1 rings (SSSR count).